The zero-order chi connectivity index (χ0) is 25.1. The van der Waals surface area contributed by atoms with Crippen molar-refractivity contribution in [2.75, 3.05) is 23.8 Å². The SMILES string of the molecule is CC(C)COC(=O)c1ccc(NC(=O)CCC(=O)OCC(=O)Nc2cccc([N+](=O)[O-])c2)cc1. The van der Waals surface area contributed by atoms with Crippen LogP contribution in [-0.2, 0) is 23.9 Å². The molecule has 0 aliphatic heterocycles. The van der Waals surface area contributed by atoms with E-state index < -0.39 is 35.3 Å². The molecule has 2 amide bonds. The number of hydrogen-bond acceptors (Lipinski definition) is 8. The number of hydrogen-bond donors (Lipinski definition) is 2. The average molecular weight is 471 g/mol. The maximum absolute atomic E-state index is 12.0. The van der Waals surface area contributed by atoms with E-state index in [4.69, 9.17) is 9.47 Å². The van der Waals surface area contributed by atoms with Crippen molar-refractivity contribution in [2.24, 2.45) is 5.92 Å². The molecule has 0 bridgehead atoms. The van der Waals surface area contributed by atoms with Gasteiger partial charge in [0.2, 0.25) is 5.91 Å². The maximum atomic E-state index is 12.0. The number of esters is 2. The summed E-state index contributed by atoms with van der Waals surface area (Å²) in [6.07, 6.45) is -0.432. The summed E-state index contributed by atoms with van der Waals surface area (Å²) in [5, 5.41) is 15.7. The van der Waals surface area contributed by atoms with Crippen molar-refractivity contribution in [3.05, 3.63) is 64.2 Å². The number of nitro groups is 1. The van der Waals surface area contributed by atoms with E-state index in [2.05, 4.69) is 10.6 Å². The first-order valence-corrected chi connectivity index (χ1v) is 10.4. The molecule has 0 aliphatic rings. The molecular weight excluding hydrogens is 446 g/mol. The summed E-state index contributed by atoms with van der Waals surface area (Å²) >= 11 is 0. The highest BCUT2D eigenvalue weighted by Gasteiger charge is 2.13. The molecule has 0 heterocycles. The average Bonchev–Trinajstić information content (AvgIpc) is 2.80. The number of nitrogens with zero attached hydrogens (tertiary/aromatic N) is 1. The molecule has 0 radical (unpaired) electrons. The van der Waals surface area contributed by atoms with Gasteiger partial charge in [-0.25, -0.2) is 4.79 Å². The smallest absolute Gasteiger partial charge is 0.338 e. The first kappa shape index (κ1) is 26.0. The number of carbonyl (C=O) groups excluding carboxylic acids is 4. The number of non-ortho nitro benzene ring substituents is 1. The predicted molar refractivity (Wildman–Crippen MR) is 122 cm³/mol. The zero-order valence-electron chi connectivity index (χ0n) is 18.7. The van der Waals surface area contributed by atoms with Crippen molar-refractivity contribution < 1.29 is 33.6 Å². The number of ether oxygens (including phenoxy) is 2. The molecule has 11 nitrogen and oxygen atoms in total. The van der Waals surface area contributed by atoms with E-state index in [0.717, 1.165) is 0 Å². The van der Waals surface area contributed by atoms with Crippen molar-refractivity contribution >= 4 is 40.8 Å². The van der Waals surface area contributed by atoms with E-state index in [9.17, 15) is 29.3 Å². The van der Waals surface area contributed by atoms with Crippen LogP contribution in [0.15, 0.2) is 48.5 Å². The van der Waals surface area contributed by atoms with Crippen molar-refractivity contribution in [2.45, 2.75) is 26.7 Å². The van der Waals surface area contributed by atoms with Gasteiger partial charge >= 0.3 is 11.9 Å². The van der Waals surface area contributed by atoms with E-state index in [1.807, 2.05) is 13.8 Å². The number of rotatable bonds is 11. The summed E-state index contributed by atoms with van der Waals surface area (Å²) in [7, 11) is 0. The summed E-state index contributed by atoms with van der Waals surface area (Å²) < 4.78 is 9.95. The highest BCUT2D eigenvalue weighted by atomic mass is 16.6. The minimum absolute atomic E-state index is 0.177. The molecule has 0 fully saturated rings. The van der Waals surface area contributed by atoms with Crippen LogP contribution < -0.4 is 10.6 Å². The molecule has 2 aromatic carbocycles. The van der Waals surface area contributed by atoms with Crippen LogP contribution in [0.1, 0.15) is 37.0 Å². The molecule has 0 atom stereocenters. The molecule has 2 aromatic rings. The Bertz CT molecular complexity index is 1050. The minimum atomic E-state index is -0.757. The predicted octanol–water partition coefficient (Wildman–Crippen LogP) is 3.31. The van der Waals surface area contributed by atoms with Crippen molar-refractivity contribution in [1.82, 2.24) is 0 Å². The first-order chi connectivity index (χ1) is 16.1. The number of nitrogens with one attached hydrogen (secondary N) is 2. The van der Waals surface area contributed by atoms with Crippen molar-refractivity contribution in [1.29, 1.82) is 0 Å². The van der Waals surface area contributed by atoms with E-state index in [1.165, 1.54) is 36.4 Å². The van der Waals surface area contributed by atoms with Gasteiger partial charge in [0, 0.05) is 29.9 Å². The van der Waals surface area contributed by atoms with Gasteiger partial charge in [0.1, 0.15) is 0 Å². The van der Waals surface area contributed by atoms with Crippen LogP contribution in [0.3, 0.4) is 0 Å². The molecule has 180 valence electrons. The van der Waals surface area contributed by atoms with Gasteiger partial charge in [-0.1, -0.05) is 19.9 Å². The fourth-order valence-electron chi connectivity index (χ4n) is 2.57. The lowest BCUT2D eigenvalue weighted by Crippen LogP contribution is -2.21. The molecule has 0 saturated carbocycles. The van der Waals surface area contributed by atoms with Gasteiger partial charge in [-0.2, -0.15) is 0 Å². The second kappa shape index (κ2) is 12.7. The Kier molecular flexibility index (Phi) is 9.69. The van der Waals surface area contributed by atoms with E-state index >= 15 is 0 Å². The van der Waals surface area contributed by atoms with Crippen LogP contribution in [0.5, 0.6) is 0 Å². The fraction of sp³-hybridized carbons (Fsp3) is 0.304. The van der Waals surface area contributed by atoms with Gasteiger partial charge in [-0.15, -0.1) is 0 Å². The van der Waals surface area contributed by atoms with Gasteiger partial charge < -0.3 is 20.1 Å². The second-order valence-electron chi connectivity index (χ2n) is 7.63. The quantitative estimate of drug-likeness (QED) is 0.287. The largest absolute Gasteiger partial charge is 0.462 e. The number of anilines is 2. The Morgan fingerprint density at radius 3 is 2.24 bits per heavy atom. The summed E-state index contributed by atoms with van der Waals surface area (Å²) in [6.45, 7) is 3.56. The van der Waals surface area contributed by atoms with Crippen LogP contribution in [0.25, 0.3) is 0 Å². The van der Waals surface area contributed by atoms with Crippen molar-refractivity contribution in [3.63, 3.8) is 0 Å². The van der Waals surface area contributed by atoms with Crippen LogP contribution in [-0.4, -0.2) is 41.9 Å². The number of carbonyl (C=O) groups is 4. The Balaban J connectivity index is 1.71. The molecule has 0 aromatic heterocycles. The van der Waals surface area contributed by atoms with Crippen LogP contribution in [0, 0.1) is 16.0 Å². The van der Waals surface area contributed by atoms with Gasteiger partial charge in [-0.05, 0) is 36.2 Å². The van der Waals surface area contributed by atoms with Gasteiger partial charge in [0.25, 0.3) is 11.6 Å². The highest BCUT2D eigenvalue weighted by molar-refractivity contribution is 5.95. The number of amides is 2. The molecule has 34 heavy (non-hydrogen) atoms. The molecule has 2 N–H and O–H groups in total. The molecule has 11 heteroatoms. The summed E-state index contributed by atoms with van der Waals surface area (Å²) in [4.78, 5) is 57.7. The zero-order valence-corrected chi connectivity index (χ0v) is 18.7. The third kappa shape index (κ3) is 9.07. The van der Waals surface area contributed by atoms with E-state index in [0.29, 0.717) is 17.9 Å². The van der Waals surface area contributed by atoms with E-state index in [1.54, 1.807) is 12.1 Å². The standard InChI is InChI=1S/C23H25N3O8/c1-15(2)13-34-23(30)16-6-8-17(9-7-16)24-20(27)10-11-22(29)33-14-21(28)25-18-4-3-5-19(12-18)26(31)32/h3-9,12,15H,10-11,13-14H2,1-2H3,(H,24,27)(H,25,28). The first-order valence-electron chi connectivity index (χ1n) is 10.4. The molecule has 0 spiro atoms. The third-order valence-corrected chi connectivity index (χ3v) is 4.21. The second-order valence-corrected chi connectivity index (χ2v) is 7.63. The lowest BCUT2D eigenvalue weighted by molar-refractivity contribution is -0.384. The highest BCUT2D eigenvalue weighted by Crippen LogP contribution is 2.17. The maximum Gasteiger partial charge on any atom is 0.338 e. The lowest BCUT2D eigenvalue weighted by Gasteiger charge is -2.09. The van der Waals surface area contributed by atoms with Crippen molar-refractivity contribution in [3.8, 4) is 0 Å². The monoisotopic (exact) mass is 471 g/mol. The Hall–Kier alpha value is -4.28. The topological polar surface area (TPSA) is 154 Å². The number of nitro benzene ring substituents is 1. The lowest BCUT2D eigenvalue weighted by atomic mass is 10.2. The summed E-state index contributed by atoms with van der Waals surface area (Å²) in [5.74, 6) is -2.12. The molecule has 2 rings (SSSR count). The minimum Gasteiger partial charge on any atom is -0.462 e. The Morgan fingerprint density at radius 1 is 0.912 bits per heavy atom. The molecule has 0 aliphatic carbocycles. The van der Waals surface area contributed by atoms with E-state index in [-0.39, 0.29) is 30.1 Å². The van der Waals surface area contributed by atoms with Crippen LogP contribution >= 0.6 is 0 Å². The Morgan fingerprint density at radius 2 is 1.59 bits per heavy atom. The summed E-state index contributed by atoms with van der Waals surface area (Å²) in [6, 6.07) is 11.4. The van der Waals surface area contributed by atoms with Crippen LogP contribution in [0.2, 0.25) is 0 Å². The molecule has 0 saturated heterocycles. The summed E-state index contributed by atoms with van der Waals surface area (Å²) in [5.41, 5.74) is 0.788. The fourth-order valence-corrected chi connectivity index (χ4v) is 2.57. The molecular formula is C23H25N3O8. The third-order valence-electron chi connectivity index (χ3n) is 4.21. The Labute approximate surface area is 195 Å². The van der Waals surface area contributed by atoms with Gasteiger partial charge in [-0.3, -0.25) is 24.5 Å². The molecule has 0 unspecified atom stereocenters. The van der Waals surface area contributed by atoms with Gasteiger partial charge in [0.05, 0.1) is 23.5 Å². The normalized spacial score (nSPS) is 10.3. The van der Waals surface area contributed by atoms with Crippen LogP contribution in [0.4, 0.5) is 17.1 Å². The van der Waals surface area contributed by atoms with Gasteiger partial charge in [0.15, 0.2) is 6.61 Å². The number of benzene rings is 2.